The van der Waals surface area contributed by atoms with E-state index < -0.39 is 0 Å². The SMILES string of the molecule is CCCCCCCCCCCOC(=O)CCCCC(=O)OC(C)CCCCCC. The molecule has 0 aromatic carbocycles. The molecule has 0 saturated heterocycles. The molecule has 4 nitrogen and oxygen atoms in total. The second-order valence-electron chi connectivity index (χ2n) is 8.41. The van der Waals surface area contributed by atoms with Gasteiger partial charge in [0.05, 0.1) is 12.7 Å². The van der Waals surface area contributed by atoms with Gasteiger partial charge in [-0.2, -0.15) is 0 Å². The summed E-state index contributed by atoms with van der Waals surface area (Å²) in [5.74, 6) is -0.279. The summed E-state index contributed by atoms with van der Waals surface area (Å²) in [6.45, 7) is 6.93. The first-order valence-corrected chi connectivity index (χ1v) is 12.4. The molecule has 0 N–H and O–H groups in total. The first-order chi connectivity index (χ1) is 14.1. The lowest BCUT2D eigenvalue weighted by molar-refractivity contribution is -0.149. The van der Waals surface area contributed by atoms with Crippen LogP contribution in [-0.4, -0.2) is 24.6 Å². The number of carbonyl (C=O) groups excluding carboxylic acids is 2. The van der Waals surface area contributed by atoms with Crippen LogP contribution in [0.1, 0.15) is 136 Å². The Labute approximate surface area is 180 Å². The van der Waals surface area contributed by atoms with Gasteiger partial charge in [-0.05, 0) is 39.0 Å². The predicted molar refractivity (Wildman–Crippen MR) is 121 cm³/mol. The molecule has 1 atom stereocenters. The molecule has 0 amide bonds. The van der Waals surface area contributed by atoms with Crippen LogP contribution in [-0.2, 0) is 19.1 Å². The maximum atomic E-state index is 11.8. The van der Waals surface area contributed by atoms with Crippen molar-refractivity contribution in [3.8, 4) is 0 Å². The van der Waals surface area contributed by atoms with E-state index in [9.17, 15) is 9.59 Å². The maximum absolute atomic E-state index is 11.8. The molecular weight excluding hydrogens is 364 g/mol. The van der Waals surface area contributed by atoms with Gasteiger partial charge in [0.2, 0.25) is 0 Å². The lowest BCUT2D eigenvalue weighted by Crippen LogP contribution is -2.14. The number of carbonyl (C=O) groups is 2. The molecular formula is C25H48O4. The lowest BCUT2D eigenvalue weighted by Gasteiger charge is -2.13. The molecule has 0 radical (unpaired) electrons. The second kappa shape index (κ2) is 21.6. The van der Waals surface area contributed by atoms with E-state index in [0.717, 1.165) is 25.7 Å². The van der Waals surface area contributed by atoms with E-state index in [1.54, 1.807) is 0 Å². The minimum atomic E-state index is -0.143. The Morgan fingerprint density at radius 1 is 0.621 bits per heavy atom. The van der Waals surface area contributed by atoms with Gasteiger partial charge in [0, 0.05) is 12.8 Å². The van der Waals surface area contributed by atoms with Crippen LogP contribution in [0.5, 0.6) is 0 Å². The Hall–Kier alpha value is -1.06. The molecule has 29 heavy (non-hydrogen) atoms. The van der Waals surface area contributed by atoms with E-state index in [-0.39, 0.29) is 18.0 Å². The second-order valence-corrected chi connectivity index (χ2v) is 8.41. The highest BCUT2D eigenvalue weighted by Gasteiger charge is 2.10. The number of unbranched alkanes of at least 4 members (excludes halogenated alkanes) is 12. The average Bonchev–Trinajstić information content (AvgIpc) is 2.70. The van der Waals surface area contributed by atoms with Gasteiger partial charge >= 0.3 is 11.9 Å². The van der Waals surface area contributed by atoms with Crippen molar-refractivity contribution in [1.82, 2.24) is 0 Å². The summed E-state index contributed by atoms with van der Waals surface area (Å²) >= 11 is 0. The molecule has 0 aromatic rings. The van der Waals surface area contributed by atoms with E-state index in [1.807, 2.05) is 6.92 Å². The number of hydrogen-bond acceptors (Lipinski definition) is 4. The third-order valence-electron chi connectivity index (χ3n) is 5.32. The third-order valence-corrected chi connectivity index (χ3v) is 5.32. The number of hydrogen-bond donors (Lipinski definition) is 0. The Balaban J connectivity index is 3.41. The van der Waals surface area contributed by atoms with Crippen molar-refractivity contribution in [2.24, 2.45) is 0 Å². The van der Waals surface area contributed by atoms with Crippen molar-refractivity contribution in [2.75, 3.05) is 6.61 Å². The van der Waals surface area contributed by atoms with Gasteiger partial charge in [-0.25, -0.2) is 0 Å². The Bertz CT molecular complexity index is 381. The molecule has 0 spiro atoms. The van der Waals surface area contributed by atoms with Crippen molar-refractivity contribution in [3.63, 3.8) is 0 Å². The highest BCUT2D eigenvalue weighted by molar-refractivity contribution is 5.70. The van der Waals surface area contributed by atoms with Crippen molar-refractivity contribution >= 4 is 11.9 Å². The minimum absolute atomic E-state index is 0.000613. The Morgan fingerprint density at radius 2 is 1.10 bits per heavy atom. The van der Waals surface area contributed by atoms with E-state index >= 15 is 0 Å². The van der Waals surface area contributed by atoms with E-state index in [1.165, 1.54) is 64.2 Å². The maximum Gasteiger partial charge on any atom is 0.306 e. The smallest absolute Gasteiger partial charge is 0.306 e. The summed E-state index contributed by atoms with van der Waals surface area (Å²) in [7, 11) is 0. The largest absolute Gasteiger partial charge is 0.466 e. The van der Waals surface area contributed by atoms with Crippen LogP contribution in [0.15, 0.2) is 0 Å². The van der Waals surface area contributed by atoms with Crippen LogP contribution < -0.4 is 0 Å². The molecule has 0 saturated carbocycles. The van der Waals surface area contributed by atoms with Gasteiger partial charge in [0.25, 0.3) is 0 Å². The Kier molecular flexibility index (Phi) is 20.9. The number of ether oxygens (including phenoxy) is 2. The molecule has 0 fully saturated rings. The predicted octanol–water partition coefficient (Wildman–Crippen LogP) is 7.52. The highest BCUT2D eigenvalue weighted by Crippen LogP contribution is 2.11. The molecule has 1 unspecified atom stereocenters. The normalized spacial score (nSPS) is 12.0. The molecule has 4 heteroatoms. The van der Waals surface area contributed by atoms with E-state index in [2.05, 4.69) is 13.8 Å². The molecule has 0 bridgehead atoms. The van der Waals surface area contributed by atoms with Gasteiger partial charge in [-0.1, -0.05) is 84.5 Å². The van der Waals surface area contributed by atoms with E-state index in [0.29, 0.717) is 32.3 Å². The summed E-state index contributed by atoms with van der Waals surface area (Å²) in [5, 5.41) is 0. The Morgan fingerprint density at radius 3 is 1.69 bits per heavy atom. The quantitative estimate of drug-likeness (QED) is 0.144. The van der Waals surface area contributed by atoms with E-state index in [4.69, 9.17) is 9.47 Å². The lowest BCUT2D eigenvalue weighted by atomic mass is 10.1. The zero-order chi connectivity index (χ0) is 21.6. The van der Waals surface area contributed by atoms with Crippen LogP contribution in [0.3, 0.4) is 0 Å². The highest BCUT2D eigenvalue weighted by atomic mass is 16.5. The van der Waals surface area contributed by atoms with Crippen molar-refractivity contribution in [1.29, 1.82) is 0 Å². The fourth-order valence-corrected chi connectivity index (χ4v) is 3.41. The minimum Gasteiger partial charge on any atom is -0.466 e. The molecule has 172 valence electrons. The molecule has 0 aliphatic rings. The van der Waals surface area contributed by atoms with Crippen LogP contribution >= 0.6 is 0 Å². The van der Waals surface area contributed by atoms with Gasteiger partial charge < -0.3 is 9.47 Å². The van der Waals surface area contributed by atoms with Crippen molar-refractivity contribution < 1.29 is 19.1 Å². The standard InChI is InChI=1S/C25H48O4/c1-4-6-8-10-11-12-13-14-18-22-28-24(26)20-16-17-21-25(27)29-23(3)19-15-9-7-5-2/h23H,4-22H2,1-3H3. The fourth-order valence-electron chi connectivity index (χ4n) is 3.41. The summed E-state index contributed by atoms with van der Waals surface area (Å²) in [4.78, 5) is 23.6. The summed E-state index contributed by atoms with van der Waals surface area (Å²) in [5.41, 5.74) is 0. The van der Waals surface area contributed by atoms with Crippen molar-refractivity contribution in [2.45, 2.75) is 142 Å². The zero-order valence-corrected chi connectivity index (χ0v) is 19.6. The number of esters is 2. The third kappa shape index (κ3) is 21.5. The molecule has 0 aliphatic heterocycles. The summed E-state index contributed by atoms with van der Waals surface area (Å²) in [6.07, 6.45) is 19.3. The van der Waals surface area contributed by atoms with Gasteiger partial charge in [-0.15, -0.1) is 0 Å². The van der Waals surface area contributed by atoms with Crippen molar-refractivity contribution in [3.05, 3.63) is 0 Å². The van der Waals surface area contributed by atoms with Crippen LogP contribution in [0.4, 0.5) is 0 Å². The molecule has 0 heterocycles. The monoisotopic (exact) mass is 412 g/mol. The summed E-state index contributed by atoms with van der Waals surface area (Å²) in [6, 6.07) is 0. The zero-order valence-electron chi connectivity index (χ0n) is 19.6. The van der Waals surface area contributed by atoms with Crippen LogP contribution in [0, 0.1) is 0 Å². The van der Waals surface area contributed by atoms with Gasteiger partial charge in [0.15, 0.2) is 0 Å². The first-order valence-electron chi connectivity index (χ1n) is 12.4. The average molecular weight is 413 g/mol. The van der Waals surface area contributed by atoms with Gasteiger partial charge in [-0.3, -0.25) is 9.59 Å². The summed E-state index contributed by atoms with van der Waals surface area (Å²) < 4.78 is 10.7. The molecule has 0 rings (SSSR count). The molecule has 0 aliphatic carbocycles. The first kappa shape index (κ1) is 27.9. The van der Waals surface area contributed by atoms with Gasteiger partial charge in [0.1, 0.15) is 0 Å². The fraction of sp³-hybridized carbons (Fsp3) is 0.920. The topological polar surface area (TPSA) is 52.6 Å². The van der Waals surface area contributed by atoms with Crippen LogP contribution in [0.25, 0.3) is 0 Å². The van der Waals surface area contributed by atoms with Crippen LogP contribution in [0.2, 0.25) is 0 Å². The number of rotatable bonds is 21. The molecule has 0 aromatic heterocycles.